The van der Waals surface area contributed by atoms with Crippen LogP contribution in [0.3, 0.4) is 0 Å². The Morgan fingerprint density at radius 2 is 2.04 bits per heavy atom. The van der Waals surface area contributed by atoms with E-state index in [2.05, 4.69) is 26.2 Å². The van der Waals surface area contributed by atoms with Crippen LogP contribution >= 0.6 is 27.5 Å². The number of aromatic nitrogens is 1. The molecule has 3 aromatic rings. The van der Waals surface area contributed by atoms with Crippen molar-refractivity contribution < 1.29 is 9.90 Å². The quantitative estimate of drug-likeness (QED) is 0.596. The largest absolute Gasteiger partial charge is 0.480 e. The Labute approximate surface area is 152 Å². The summed E-state index contributed by atoms with van der Waals surface area (Å²) in [4.78, 5) is 15.1. The molecule has 0 aliphatic carbocycles. The summed E-state index contributed by atoms with van der Waals surface area (Å²) >= 11 is 9.83. The molecule has 24 heavy (non-hydrogen) atoms. The lowest BCUT2D eigenvalue weighted by Crippen LogP contribution is -2.45. The molecule has 6 heteroatoms. The molecule has 4 rings (SSSR count). The van der Waals surface area contributed by atoms with Crippen molar-refractivity contribution in [3.8, 4) is 0 Å². The maximum atomic E-state index is 11.6. The molecule has 0 bridgehead atoms. The molecule has 3 N–H and O–H groups in total. The van der Waals surface area contributed by atoms with Crippen LogP contribution in [0.2, 0.25) is 5.02 Å². The van der Waals surface area contributed by atoms with Gasteiger partial charge in [0.1, 0.15) is 6.04 Å². The monoisotopic (exact) mass is 404 g/mol. The first-order chi connectivity index (χ1) is 11.5. The number of carbonyl (C=O) groups is 1. The van der Waals surface area contributed by atoms with Gasteiger partial charge >= 0.3 is 5.97 Å². The van der Waals surface area contributed by atoms with Crippen molar-refractivity contribution in [1.29, 1.82) is 0 Å². The zero-order valence-corrected chi connectivity index (χ0v) is 14.9. The number of aliphatic carboxylic acids is 1. The number of carboxylic acids is 1. The highest BCUT2D eigenvalue weighted by Gasteiger charge is 2.34. The zero-order chi connectivity index (χ0) is 16.8. The minimum Gasteiger partial charge on any atom is -0.480 e. The fourth-order valence-electron chi connectivity index (χ4n) is 3.37. The Hall–Kier alpha value is -1.82. The molecule has 2 aromatic carbocycles. The van der Waals surface area contributed by atoms with E-state index in [9.17, 15) is 9.90 Å². The summed E-state index contributed by atoms with van der Waals surface area (Å²) in [7, 11) is 0. The van der Waals surface area contributed by atoms with Gasteiger partial charge in [-0.05, 0) is 29.3 Å². The topological polar surface area (TPSA) is 65.1 Å². The first kappa shape index (κ1) is 15.7. The van der Waals surface area contributed by atoms with Gasteiger partial charge in [0.15, 0.2) is 0 Å². The van der Waals surface area contributed by atoms with E-state index in [0.29, 0.717) is 11.4 Å². The Morgan fingerprint density at radius 3 is 2.79 bits per heavy atom. The zero-order valence-electron chi connectivity index (χ0n) is 12.5. The highest BCUT2D eigenvalue weighted by Crippen LogP contribution is 2.38. The Kier molecular flexibility index (Phi) is 3.87. The third-order valence-corrected chi connectivity index (χ3v) is 5.30. The van der Waals surface area contributed by atoms with Crippen LogP contribution in [-0.2, 0) is 11.2 Å². The Morgan fingerprint density at radius 1 is 1.25 bits per heavy atom. The van der Waals surface area contributed by atoms with Gasteiger partial charge in [-0.1, -0.05) is 51.8 Å². The summed E-state index contributed by atoms with van der Waals surface area (Å²) in [6.45, 7) is 0. The number of benzene rings is 2. The van der Waals surface area contributed by atoms with Crippen LogP contribution in [0.4, 0.5) is 0 Å². The van der Waals surface area contributed by atoms with Crippen molar-refractivity contribution in [2.45, 2.75) is 18.5 Å². The minimum absolute atomic E-state index is 0.289. The summed E-state index contributed by atoms with van der Waals surface area (Å²) in [5.41, 5.74) is 3.89. The first-order valence-corrected chi connectivity index (χ1v) is 8.75. The lowest BCUT2D eigenvalue weighted by Gasteiger charge is -2.30. The second-order valence-electron chi connectivity index (χ2n) is 5.92. The van der Waals surface area contributed by atoms with Crippen LogP contribution in [0.15, 0.2) is 46.9 Å². The average molecular weight is 406 g/mol. The molecular weight excluding hydrogens is 392 g/mol. The predicted octanol–water partition coefficient (Wildman–Crippen LogP) is 4.27. The van der Waals surface area contributed by atoms with Crippen LogP contribution < -0.4 is 5.32 Å². The smallest absolute Gasteiger partial charge is 0.321 e. The van der Waals surface area contributed by atoms with Gasteiger partial charge < -0.3 is 10.1 Å². The maximum absolute atomic E-state index is 11.6. The molecule has 1 aliphatic rings. The van der Waals surface area contributed by atoms with Crippen molar-refractivity contribution in [3.05, 3.63) is 68.8 Å². The van der Waals surface area contributed by atoms with Crippen LogP contribution in [0.25, 0.3) is 10.9 Å². The van der Waals surface area contributed by atoms with Crippen molar-refractivity contribution in [1.82, 2.24) is 10.3 Å². The number of carboxylic acid groups (broad SMARTS) is 1. The standard InChI is InChI=1S/C18H14BrClN2O2/c19-9-5-6-11(13(20)7-9)16-17-12(8-15(22-16)18(23)24)10-3-1-2-4-14(10)21-17/h1-7,15-16,21-22H,8H2,(H,23,24)/t15-,16+/m0/s1. The molecule has 0 radical (unpaired) electrons. The van der Waals surface area contributed by atoms with Gasteiger partial charge in [0.2, 0.25) is 0 Å². The minimum atomic E-state index is -0.857. The van der Waals surface area contributed by atoms with Gasteiger partial charge in [-0.3, -0.25) is 10.1 Å². The van der Waals surface area contributed by atoms with E-state index in [1.165, 1.54) is 0 Å². The highest BCUT2D eigenvalue weighted by molar-refractivity contribution is 9.10. The van der Waals surface area contributed by atoms with Crippen molar-refractivity contribution in [2.75, 3.05) is 0 Å². The summed E-state index contributed by atoms with van der Waals surface area (Å²) in [6, 6.07) is 12.7. The van der Waals surface area contributed by atoms with Crippen molar-refractivity contribution in [3.63, 3.8) is 0 Å². The molecule has 4 nitrogen and oxygen atoms in total. The van der Waals surface area contributed by atoms with Crippen LogP contribution in [-0.4, -0.2) is 22.1 Å². The number of hydrogen-bond acceptors (Lipinski definition) is 2. The summed E-state index contributed by atoms with van der Waals surface area (Å²) in [6.07, 6.45) is 0.444. The Balaban J connectivity index is 1.92. The number of fused-ring (bicyclic) bond motifs is 3. The lowest BCUT2D eigenvalue weighted by molar-refractivity contribution is -0.139. The number of rotatable bonds is 2. The normalized spacial score (nSPS) is 20.1. The molecule has 0 fully saturated rings. The van der Waals surface area contributed by atoms with Gasteiger partial charge in [0, 0.05) is 32.5 Å². The van der Waals surface area contributed by atoms with Crippen LogP contribution in [0.1, 0.15) is 22.9 Å². The molecule has 1 aromatic heterocycles. The highest BCUT2D eigenvalue weighted by atomic mass is 79.9. The lowest BCUT2D eigenvalue weighted by atomic mass is 9.90. The molecule has 0 unspecified atom stereocenters. The van der Waals surface area contributed by atoms with Gasteiger partial charge in [0.25, 0.3) is 0 Å². The molecule has 0 spiro atoms. The van der Waals surface area contributed by atoms with Crippen LogP contribution in [0.5, 0.6) is 0 Å². The fourth-order valence-corrected chi connectivity index (χ4v) is 4.16. The SMILES string of the molecule is O=C(O)[C@@H]1Cc2c([nH]c3ccccc23)[C@@H](c2ccc(Br)cc2Cl)N1. The van der Waals surface area contributed by atoms with Crippen molar-refractivity contribution >= 4 is 44.4 Å². The average Bonchev–Trinajstić information content (AvgIpc) is 2.93. The number of nitrogens with one attached hydrogen (secondary N) is 2. The second kappa shape index (κ2) is 5.92. The summed E-state index contributed by atoms with van der Waals surface area (Å²) in [5.74, 6) is -0.857. The number of aromatic amines is 1. The first-order valence-electron chi connectivity index (χ1n) is 7.58. The summed E-state index contributed by atoms with van der Waals surface area (Å²) in [5, 5.41) is 14.4. The van der Waals surface area contributed by atoms with Crippen molar-refractivity contribution in [2.24, 2.45) is 0 Å². The molecule has 2 heterocycles. The fraction of sp³-hybridized carbons (Fsp3) is 0.167. The summed E-state index contributed by atoms with van der Waals surface area (Å²) < 4.78 is 0.888. The third kappa shape index (κ3) is 2.53. The molecule has 122 valence electrons. The third-order valence-electron chi connectivity index (χ3n) is 4.48. The van der Waals surface area contributed by atoms with E-state index in [1.807, 2.05) is 42.5 Å². The van der Waals surface area contributed by atoms with Gasteiger partial charge in [-0.15, -0.1) is 0 Å². The Bertz CT molecular complexity index is 953. The van der Waals surface area contributed by atoms with E-state index in [0.717, 1.165) is 32.2 Å². The molecule has 0 saturated carbocycles. The van der Waals surface area contributed by atoms with E-state index >= 15 is 0 Å². The number of H-pyrrole nitrogens is 1. The second-order valence-corrected chi connectivity index (χ2v) is 7.25. The van der Waals surface area contributed by atoms with E-state index in [4.69, 9.17) is 11.6 Å². The van der Waals surface area contributed by atoms with Gasteiger partial charge in [-0.25, -0.2) is 0 Å². The maximum Gasteiger partial charge on any atom is 0.321 e. The number of para-hydroxylation sites is 1. The molecular formula is C18H14BrClN2O2. The van der Waals surface area contributed by atoms with E-state index in [1.54, 1.807) is 0 Å². The van der Waals surface area contributed by atoms with E-state index < -0.39 is 12.0 Å². The molecule has 0 amide bonds. The molecule has 0 saturated heterocycles. The molecule has 2 atom stereocenters. The molecule has 1 aliphatic heterocycles. The predicted molar refractivity (Wildman–Crippen MR) is 97.6 cm³/mol. The van der Waals surface area contributed by atoms with E-state index in [-0.39, 0.29) is 6.04 Å². The van der Waals surface area contributed by atoms with Gasteiger partial charge in [0.05, 0.1) is 6.04 Å². The number of hydrogen-bond donors (Lipinski definition) is 3. The van der Waals surface area contributed by atoms with Gasteiger partial charge in [-0.2, -0.15) is 0 Å². The van der Waals surface area contributed by atoms with Crippen LogP contribution in [0, 0.1) is 0 Å². The number of halogens is 2.